The Morgan fingerprint density at radius 1 is 1.11 bits per heavy atom. The van der Waals surface area contributed by atoms with Crippen LogP contribution in [-0.4, -0.2) is 59.9 Å². The summed E-state index contributed by atoms with van der Waals surface area (Å²) in [6, 6.07) is 6.92. The fourth-order valence-corrected chi connectivity index (χ4v) is 6.25. The molecule has 1 N–H and O–H groups in total. The fraction of sp³-hybridized carbons (Fsp3) is 0.550. The number of halogens is 1. The highest BCUT2D eigenvalue weighted by Gasteiger charge is 2.67. The third kappa shape index (κ3) is 2.76. The van der Waals surface area contributed by atoms with E-state index in [1.807, 2.05) is 0 Å². The highest BCUT2D eigenvalue weighted by molar-refractivity contribution is 9.09. The SMILES string of the molecule is O=C(Nc1ccc(C(=O)N2CCOCC2)cc1)[C@@H]1[C@H]2C[C@H]3[C@H](OC(=O)[C@@H]31)[C@H]2Br. The Morgan fingerprint density at radius 3 is 2.54 bits per heavy atom. The normalized spacial score (nSPS) is 35.8. The van der Waals surface area contributed by atoms with Crippen molar-refractivity contribution in [2.75, 3.05) is 31.6 Å². The van der Waals surface area contributed by atoms with E-state index >= 15 is 0 Å². The molecule has 2 amide bonds. The summed E-state index contributed by atoms with van der Waals surface area (Å²) in [6.07, 6.45) is 0.763. The number of hydrogen-bond donors (Lipinski definition) is 1. The summed E-state index contributed by atoms with van der Waals surface area (Å²) < 4.78 is 10.7. The first kappa shape index (κ1) is 18.1. The third-order valence-corrected chi connectivity index (χ3v) is 7.72. The molecule has 148 valence electrons. The number of esters is 1. The molecule has 4 aliphatic rings. The van der Waals surface area contributed by atoms with Gasteiger partial charge < -0.3 is 19.7 Å². The van der Waals surface area contributed by atoms with Gasteiger partial charge >= 0.3 is 5.97 Å². The van der Waals surface area contributed by atoms with Crippen LogP contribution in [0.2, 0.25) is 0 Å². The zero-order chi connectivity index (χ0) is 19.4. The van der Waals surface area contributed by atoms with Crippen molar-refractivity contribution in [1.82, 2.24) is 4.90 Å². The zero-order valence-corrected chi connectivity index (χ0v) is 16.8. The van der Waals surface area contributed by atoms with Crippen LogP contribution in [0.1, 0.15) is 16.8 Å². The summed E-state index contributed by atoms with van der Waals surface area (Å²) in [6.45, 7) is 2.30. The molecule has 1 aromatic carbocycles. The summed E-state index contributed by atoms with van der Waals surface area (Å²) in [7, 11) is 0. The van der Waals surface area contributed by atoms with Crippen LogP contribution in [0.15, 0.2) is 24.3 Å². The highest BCUT2D eigenvalue weighted by Crippen LogP contribution is 2.60. The van der Waals surface area contributed by atoms with Gasteiger partial charge in [0.15, 0.2) is 0 Å². The Kier molecular flexibility index (Phi) is 4.43. The lowest BCUT2D eigenvalue weighted by atomic mass is 9.79. The number of nitrogens with one attached hydrogen (secondary N) is 1. The smallest absolute Gasteiger partial charge is 0.310 e. The number of fused-ring (bicyclic) bond motifs is 1. The van der Waals surface area contributed by atoms with Gasteiger partial charge in [-0.3, -0.25) is 14.4 Å². The maximum absolute atomic E-state index is 12.9. The largest absolute Gasteiger partial charge is 0.461 e. The average molecular weight is 449 g/mol. The number of ether oxygens (including phenoxy) is 2. The molecule has 4 fully saturated rings. The fourth-order valence-electron chi connectivity index (χ4n) is 5.20. The number of anilines is 1. The van der Waals surface area contributed by atoms with Gasteiger partial charge in [0.25, 0.3) is 5.91 Å². The molecule has 2 heterocycles. The Morgan fingerprint density at radius 2 is 1.82 bits per heavy atom. The van der Waals surface area contributed by atoms with Crippen LogP contribution in [0.3, 0.4) is 0 Å². The van der Waals surface area contributed by atoms with Crippen molar-refractivity contribution in [3.8, 4) is 0 Å². The number of morpholine rings is 1. The van der Waals surface area contributed by atoms with E-state index in [1.165, 1.54) is 0 Å². The highest BCUT2D eigenvalue weighted by atomic mass is 79.9. The molecule has 28 heavy (non-hydrogen) atoms. The van der Waals surface area contributed by atoms with Crippen molar-refractivity contribution in [1.29, 1.82) is 0 Å². The Bertz CT molecular complexity index is 822. The quantitative estimate of drug-likeness (QED) is 0.561. The molecular formula is C20H21BrN2O5. The van der Waals surface area contributed by atoms with E-state index in [1.54, 1.807) is 29.2 Å². The number of carbonyl (C=O) groups excluding carboxylic acids is 3. The topological polar surface area (TPSA) is 84.9 Å². The zero-order valence-electron chi connectivity index (χ0n) is 15.2. The first-order valence-electron chi connectivity index (χ1n) is 9.67. The van der Waals surface area contributed by atoms with E-state index in [4.69, 9.17) is 9.47 Å². The maximum Gasteiger partial charge on any atom is 0.310 e. The number of rotatable bonds is 3. The van der Waals surface area contributed by atoms with Crippen LogP contribution in [0.5, 0.6) is 0 Å². The molecule has 1 aromatic rings. The van der Waals surface area contributed by atoms with Crippen LogP contribution < -0.4 is 5.32 Å². The van der Waals surface area contributed by atoms with Gasteiger partial charge in [0, 0.05) is 30.3 Å². The van der Waals surface area contributed by atoms with Gasteiger partial charge in [0.1, 0.15) is 6.10 Å². The van der Waals surface area contributed by atoms with Crippen LogP contribution >= 0.6 is 15.9 Å². The van der Waals surface area contributed by atoms with Gasteiger partial charge in [-0.25, -0.2) is 0 Å². The van der Waals surface area contributed by atoms with Gasteiger partial charge in [-0.15, -0.1) is 0 Å². The number of alkyl halides is 1. The van der Waals surface area contributed by atoms with E-state index in [2.05, 4.69) is 21.2 Å². The lowest BCUT2D eigenvalue weighted by Gasteiger charge is -2.28. The van der Waals surface area contributed by atoms with Gasteiger partial charge in [0.2, 0.25) is 5.91 Å². The first-order chi connectivity index (χ1) is 13.5. The molecule has 2 saturated heterocycles. The number of benzene rings is 1. The second kappa shape index (κ2) is 6.84. The van der Waals surface area contributed by atoms with Gasteiger partial charge in [0.05, 0.1) is 29.9 Å². The molecular weight excluding hydrogens is 428 g/mol. The molecule has 2 aliphatic heterocycles. The van der Waals surface area contributed by atoms with Crippen LogP contribution in [-0.2, 0) is 19.1 Å². The lowest BCUT2D eigenvalue weighted by Crippen LogP contribution is -2.41. The summed E-state index contributed by atoms with van der Waals surface area (Å²) in [5.74, 6) is -0.852. The minimum atomic E-state index is -0.365. The Hall–Kier alpha value is -1.93. The molecule has 7 nitrogen and oxygen atoms in total. The monoisotopic (exact) mass is 448 g/mol. The number of nitrogens with zero attached hydrogens (tertiary/aromatic N) is 1. The van der Waals surface area contributed by atoms with Gasteiger partial charge in [-0.05, 0) is 36.6 Å². The molecule has 2 saturated carbocycles. The summed E-state index contributed by atoms with van der Waals surface area (Å²) in [4.78, 5) is 39.5. The summed E-state index contributed by atoms with van der Waals surface area (Å²) in [5, 5.41) is 2.93. The van der Waals surface area contributed by atoms with E-state index in [-0.39, 0.29) is 52.4 Å². The number of carbonyl (C=O) groups is 3. The minimum Gasteiger partial charge on any atom is -0.461 e. The molecule has 0 radical (unpaired) electrons. The van der Waals surface area contributed by atoms with E-state index in [9.17, 15) is 14.4 Å². The Balaban J connectivity index is 1.27. The predicted octanol–water partition coefficient (Wildman–Crippen LogP) is 1.67. The lowest BCUT2D eigenvalue weighted by molar-refractivity contribution is -0.145. The molecule has 2 bridgehead atoms. The predicted molar refractivity (Wildman–Crippen MR) is 103 cm³/mol. The van der Waals surface area contributed by atoms with Crippen molar-refractivity contribution < 1.29 is 23.9 Å². The molecule has 0 unspecified atom stereocenters. The molecule has 6 atom stereocenters. The van der Waals surface area contributed by atoms with Gasteiger partial charge in [-0.1, -0.05) is 15.9 Å². The second-order valence-electron chi connectivity index (χ2n) is 7.93. The second-order valence-corrected chi connectivity index (χ2v) is 8.99. The summed E-state index contributed by atoms with van der Waals surface area (Å²) in [5.41, 5.74) is 1.21. The van der Waals surface area contributed by atoms with Crippen LogP contribution in [0, 0.1) is 23.7 Å². The number of hydrogen-bond acceptors (Lipinski definition) is 5. The molecule has 2 aliphatic carbocycles. The van der Waals surface area contributed by atoms with E-state index in [0.29, 0.717) is 37.6 Å². The minimum absolute atomic E-state index is 0.0313. The Labute approximate surface area is 170 Å². The average Bonchev–Trinajstić information content (AvgIpc) is 3.33. The van der Waals surface area contributed by atoms with Crippen LogP contribution in [0.25, 0.3) is 0 Å². The van der Waals surface area contributed by atoms with Crippen molar-refractivity contribution in [2.45, 2.75) is 17.4 Å². The van der Waals surface area contributed by atoms with Crippen molar-refractivity contribution in [3.05, 3.63) is 29.8 Å². The van der Waals surface area contributed by atoms with Crippen molar-refractivity contribution in [3.63, 3.8) is 0 Å². The number of amides is 2. The van der Waals surface area contributed by atoms with E-state index < -0.39 is 0 Å². The standard InChI is InChI=1S/C20H21BrN2O5/c21-16-12-9-13-15(20(26)28-17(13)16)14(12)18(24)22-11-3-1-10(2-4-11)19(25)23-5-7-27-8-6-23/h1-4,12-17H,5-9H2,(H,22,24)/t12-,13-,14-,15+,16+,17+/m1/s1. The van der Waals surface area contributed by atoms with Crippen molar-refractivity contribution >= 4 is 39.4 Å². The molecule has 0 spiro atoms. The van der Waals surface area contributed by atoms with Crippen LogP contribution in [0.4, 0.5) is 5.69 Å². The molecule has 0 aromatic heterocycles. The molecule has 8 heteroatoms. The summed E-state index contributed by atoms with van der Waals surface area (Å²) >= 11 is 3.63. The third-order valence-electron chi connectivity index (χ3n) is 6.52. The molecule has 5 rings (SSSR count). The van der Waals surface area contributed by atoms with E-state index in [0.717, 1.165) is 6.42 Å². The van der Waals surface area contributed by atoms with Gasteiger partial charge in [-0.2, -0.15) is 0 Å². The van der Waals surface area contributed by atoms with Crippen molar-refractivity contribution in [2.24, 2.45) is 23.7 Å². The maximum atomic E-state index is 12.9. The first-order valence-corrected chi connectivity index (χ1v) is 10.6.